The van der Waals surface area contributed by atoms with Crippen LogP contribution in [0.2, 0.25) is 0 Å². The van der Waals surface area contributed by atoms with E-state index in [4.69, 9.17) is 16.2 Å². The van der Waals surface area contributed by atoms with Gasteiger partial charge in [-0.15, -0.1) is 0 Å². The second-order valence-corrected chi connectivity index (χ2v) is 3.37. The Morgan fingerprint density at radius 2 is 2.24 bits per heavy atom. The van der Waals surface area contributed by atoms with Crippen molar-refractivity contribution in [2.24, 2.45) is 0 Å². The number of carbonyl (C=O) groups is 1. The van der Waals surface area contributed by atoms with Crippen molar-refractivity contribution in [3.63, 3.8) is 0 Å². The maximum atomic E-state index is 11.3. The third kappa shape index (κ3) is 4.56. The molecule has 0 aliphatic rings. The van der Waals surface area contributed by atoms with Gasteiger partial charge in [-0.25, -0.2) is 4.98 Å². The molecular formula is C10H17N5O2. The van der Waals surface area contributed by atoms with E-state index in [0.717, 1.165) is 0 Å². The van der Waals surface area contributed by atoms with Crippen LogP contribution in [0.1, 0.15) is 0 Å². The topological polar surface area (TPSA) is 115 Å². The molecule has 1 amide bonds. The van der Waals surface area contributed by atoms with Crippen molar-refractivity contribution in [2.75, 3.05) is 43.6 Å². The number of methoxy groups -OCH3 is 1. The van der Waals surface area contributed by atoms with Crippen LogP contribution >= 0.6 is 0 Å². The number of ether oxygens (including phenoxy) is 1. The largest absolute Gasteiger partial charge is 0.396 e. The van der Waals surface area contributed by atoms with E-state index in [2.05, 4.69) is 15.6 Å². The molecule has 0 saturated heterocycles. The first-order chi connectivity index (χ1) is 8.13. The molecule has 7 heteroatoms. The first-order valence-corrected chi connectivity index (χ1v) is 5.15. The number of hydrogen-bond acceptors (Lipinski definition) is 6. The maximum Gasteiger partial charge on any atom is 0.239 e. The number of nitrogen functional groups attached to an aromatic ring is 2. The summed E-state index contributed by atoms with van der Waals surface area (Å²) >= 11 is 0. The second-order valence-electron chi connectivity index (χ2n) is 3.37. The molecule has 1 aromatic rings. The zero-order valence-electron chi connectivity index (χ0n) is 9.69. The number of amides is 1. The Morgan fingerprint density at radius 1 is 1.47 bits per heavy atom. The Hall–Kier alpha value is -2.02. The van der Waals surface area contributed by atoms with Gasteiger partial charge in [0.1, 0.15) is 11.6 Å². The van der Waals surface area contributed by atoms with E-state index in [9.17, 15) is 4.79 Å². The predicted octanol–water partition coefficient (Wildman–Crippen LogP) is -0.579. The molecular weight excluding hydrogens is 222 g/mol. The Labute approximate surface area is 99.5 Å². The summed E-state index contributed by atoms with van der Waals surface area (Å²) in [6.45, 7) is 1.09. The van der Waals surface area contributed by atoms with Gasteiger partial charge in [0.2, 0.25) is 5.91 Å². The molecule has 1 heterocycles. The van der Waals surface area contributed by atoms with Gasteiger partial charge >= 0.3 is 0 Å². The lowest BCUT2D eigenvalue weighted by molar-refractivity contribution is -0.119. The van der Waals surface area contributed by atoms with Crippen molar-refractivity contribution in [1.82, 2.24) is 10.3 Å². The number of pyridine rings is 1. The van der Waals surface area contributed by atoms with Gasteiger partial charge in [-0.05, 0) is 12.1 Å². The number of carbonyl (C=O) groups excluding carboxylic acids is 1. The number of anilines is 3. The summed E-state index contributed by atoms with van der Waals surface area (Å²) in [7, 11) is 1.57. The molecule has 1 rings (SSSR count). The summed E-state index contributed by atoms with van der Waals surface area (Å²) in [5.41, 5.74) is 11.5. The lowest BCUT2D eigenvalue weighted by atomic mass is 10.4. The quantitative estimate of drug-likeness (QED) is 0.494. The molecule has 0 spiro atoms. The van der Waals surface area contributed by atoms with Crippen LogP contribution < -0.4 is 22.1 Å². The van der Waals surface area contributed by atoms with E-state index in [1.807, 2.05) is 0 Å². The molecule has 6 N–H and O–H groups in total. The van der Waals surface area contributed by atoms with Gasteiger partial charge in [0.25, 0.3) is 0 Å². The normalized spacial score (nSPS) is 9.94. The minimum atomic E-state index is -0.140. The molecule has 0 fully saturated rings. The highest BCUT2D eigenvalue weighted by molar-refractivity contribution is 5.80. The zero-order chi connectivity index (χ0) is 12.7. The SMILES string of the molecule is COCCNC(=O)CNc1ccc(N)c(N)n1. The smallest absolute Gasteiger partial charge is 0.239 e. The van der Waals surface area contributed by atoms with Crippen molar-refractivity contribution in [3.05, 3.63) is 12.1 Å². The molecule has 0 aromatic carbocycles. The van der Waals surface area contributed by atoms with Crippen LogP contribution in [0.3, 0.4) is 0 Å². The Kier molecular flexibility index (Phi) is 5.02. The van der Waals surface area contributed by atoms with Crippen LogP contribution in [0.4, 0.5) is 17.3 Å². The molecule has 17 heavy (non-hydrogen) atoms. The van der Waals surface area contributed by atoms with E-state index in [1.165, 1.54) is 0 Å². The standard InChI is InChI=1S/C10H17N5O2/c1-17-5-4-13-9(16)6-14-8-3-2-7(11)10(12)15-8/h2-3H,4-6,11H2,1H3,(H,13,16)(H3,12,14,15). The molecule has 0 aliphatic carbocycles. The number of nitrogens with zero attached hydrogens (tertiary/aromatic N) is 1. The highest BCUT2D eigenvalue weighted by Crippen LogP contribution is 2.13. The third-order valence-electron chi connectivity index (χ3n) is 2.02. The van der Waals surface area contributed by atoms with Crippen molar-refractivity contribution in [2.45, 2.75) is 0 Å². The third-order valence-corrected chi connectivity index (χ3v) is 2.02. The molecule has 94 valence electrons. The molecule has 0 atom stereocenters. The fourth-order valence-electron chi connectivity index (χ4n) is 1.11. The first kappa shape index (κ1) is 13.0. The zero-order valence-corrected chi connectivity index (χ0v) is 9.69. The highest BCUT2D eigenvalue weighted by Gasteiger charge is 2.02. The lowest BCUT2D eigenvalue weighted by Gasteiger charge is -2.08. The first-order valence-electron chi connectivity index (χ1n) is 5.15. The lowest BCUT2D eigenvalue weighted by Crippen LogP contribution is -2.32. The number of hydrogen-bond donors (Lipinski definition) is 4. The number of nitrogens with two attached hydrogens (primary N) is 2. The summed E-state index contributed by atoms with van der Waals surface area (Å²) < 4.78 is 4.81. The summed E-state index contributed by atoms with van der Waals surface area (Å²) in [5, 5.41) is 5.51. The molecule has 0 unspecified atom stereocenters. The summed E-state index contributed by atoms with van der Waals surface area (Å²) in [6.07, 6.45) is 0. The summed E-state index contributed by atoms with van der Waals surface area (Å²) in [4.78, 5) is 15.3. The molecule has 0 bridgehead atoms. The van der Waals surface area contributed by atoms with Crippen molar-refractivity contribution < 1.29 is 9.53 Å². The van der Waals surface area contributed by atoms with Gasteiger partial charge < -0.3 is 26.8 Å². The maximum absolute atomic E-state index is 11.3. The van der Waals surface area contributed by atoms with Crippen molar-refractivity contribution in [1.29, 1.82) is 0 Å². The van der Waals surface area contributed by atoms with Gasteiger partial charge in [0.15, 0.2) is 0 Å². The average Bonchev–Trinajstić information content (AvgIpc) is 2.31. The van der Waals surface area contributed by atoms with Crippen LogP contribution in [0.15, 0.2) is 12.1 Å². The fourth-order valence-corrected chi connectivity index (χ4v) is 1.11. The van der Waals surface area contributed by atoms with Crippen LogP contribution in [-0.4, -0.2) is 37.7 Å². The van der Waals surface area contributed by atoms with Crippen LogP contribution in [0.5, 0.6) is 0 Å². The van der Waals surface area contributed by atoms with Crippen LogP contribution in [0, 0.1) is 0 Å². The number of aromatic nitrogens is 1. The van der Waals surface area contributed by atoms with Gasteiger partial charge in [-0.2, -0.15) is 0 Å². The molecule has 0 saturated carbocycles. The van der Waals surface area contributed by atoms with Gasteiger partial charge in [0.05, 0.1) is 18.8 Å². The summed E-state index contributed by atoms with van der Waals surface area (Å²) in [6, 6.07) is 3.29. The van der Waals surface area contributed by atoms with Gasteiger partial charge in [-0.1, -0.05) is 0 Å². The minimum absolute atomic E-state index is 0.125. The minimum Gasteiger partial charge on any atom is -0.396 e. The molecule has 7 nitrogen and oxygen atoms in total. The Bertz CT molecular complexity index is 383. The highest BCUT2D eigenvalue weighted by atomic mass is 16.5. The monoisotopic (exact) mass is 239 g/mol. The van der Waals surface area contributed by atoms with Crippen LogP contribution in [0.25, 0.3) is 0 Å². The predicted molar refractivity (Wildman–Crippen MR) is 66.4 cm³/mol. The van der Waals surface area contributed by atoms with Gasteiger partial charge in [-0.3, -0.25) is 4.79 Å². The molecule has 0 radical (unpaired) electrons. The summed E-state index contributed by atoms with van der Waals surface area (Å²) in [5.74, 6) is 0.618. The molecule has 0 aliphatic heterocycles. The van der Waals surface area contributed by atoms with Gasteiger partial charge in [0, 0.05) is 13.7 Å². The number of nitrogens with one attached hydrogen (secondary N) is 2. The van der Waals surface area contributed by atoms with Crippen molar-refractivity contribution in [3.8, 4) is 0 Å². The fraction of sp³-hybridized carbons (Fsp3) is 0.400. The molecule has 1 aromatic heterocycles. The second kappa shape index (κ2) is 6.54. The average molecular weight is 239 g/mol. The Morgan fingerprint density at radius 3 is 2.88 bits per heavy atom. The van der Waals surface area contributed by atoms with E-state index in [1.54, 1.807) is 19.2 Å². The van der Waals surface area contributed by atoms with E-state index in [0.29, 0.717) is 24.7 Å². The van der Waals surface area contributed by atoms with Crippen molar-refractivity contribution >= 4 is 23.2 Å². The van der Waals surface area contributed by atoms with E-state index < -0.39 is 0 Å². The number of rotatable bonds is 6. The van der Waals surface area contributed by atoms with E-state index >= 15 is 0 Å². The van der Waals surface area contributed by atoms with Crippen LogP contribution in [-0.2, 0) is 9.53 Å². The Balaban J connectivity index is 2.34. The van der Waals surface area contributed by atoms with E-state index in [-0.39, 0.29) is 18.3 Å².